The van der Waals surface area contributed by atoms with Gasteiger partial charge in [0, 0.05) is 57.0 Å². The number of esters is 1. The van der Waals surface area contributed by atoms with Crippen molar-refractivity contribution in [3.05, 3.63) is 116 Å². The number of nitrogens with zero attached hydrogens (tertiary/aromatic N) is 11. The number of azide groups is 3. The topological polar surface area (TPSA) is 313 Å². The second-order valence-corrected chi connectivity index (χ2v) is 29.3. The molecule has 5 amide bonds. The molecule has 2 aliphatic carbocycles. The Hall–Kier alpha value is -6.89. The van der Waals surface area contributed by atoms with Crippen molar-refractivity contribution in [1.29, 1.82) is 0 Å². The summed E-state index contributed by atoms with van der Waals surface area (Å²) >= 11 is 0. The molecule has 82 heavy (non-hydrogen) atoms. The summed E-state index contributed by atoms with van der Waals surface area (Å²) in [6.45, 7) is 20.3. The largest absolute Gasteiger partial charge is 0.466 e. The molecule has 2 saturated heterocycles. The molecule has 0 radical (unpaired) electrons. The Morgan fingerprint density at radius 3 is 1.54 bits per heavy atom. The van der Waals surface area contributed by atoms with Gasteiger partial charge in [0.05, 0.1) is 12.6 Å². The van der Waals surface area contributed by atoms with Crippen LogP contribution in [0.3, 0.4) is 0 Å². The zero-order chi connectivity index (χ0) is 60.9. The number of carbonyl (C=O) groups excluding carboxylic acids is 6. The predicted molar refractivity (Wildman–Crippen MR) is 324 cm³/mol. The molecule has 0 bridgehead atoms. The highest BCUT2D eigenvalue weighted by molar-refractivity contribution is 6.76. The van der Waals surface area contributed by atoms with E-state index in [2.05, 4.69) is 95.3 Å². The number of rotatable bonds is 24. The standard InChI is InChI=1S/C23H39N5O3Si.2C18H27N5O2/c1-17(2)21(22(29)25-3)26-13-12-19(18-10-8-7-9-11-18)16-20(27-28-24)23(30)31-14-15-32(4,5)6;2*1-12(2)16(17(24)20-3)23-10-9-14(13-7-5-4-6-8-13)11-15(18(23)25)21-22-19/h7-11,17,19-21,26H,12-16H2,1-6H3,(H,25,29);2*4-7,12-16H,8-11H2,1-3H3,(H,20,24)/t19?,20-,21-;13?,14-,15+,16+;13?,14-,15-,16-/m010/s1. The summed E-state index contributed by atoms with van der Waals surface area (Å²) in [6.07, 6.45) is 22.2. The molecule has 23 heteroatoms. The number of hydrogen-bond donors (Lipinski definition) is 4. The Morgan fingerprint density at radius 2 is 1.16 bits per heavy atom. The van der Waals surface area contributed by atoms with E-state index in [1.54, 1.807) is 30.9 Å². The van der Waals surface area contributed by atoms with Gasteiger partial charge in [-0.3, -0.25) is 28.8 Å². The van der Waals surface area contributed by atoms with Crippen molar-refractivity contribution in [1.82, 2.24) is 31.1 Å². The van der Waals surface area contributed by atoms with E-state index in [0.717, 1.165) is 37.3 Å². The van der Waals surface area contributed by atoms with Gasteiger partial charge in [-0.05, 0) is 133 Å². The summed E-state index contributed by atoms with van der Waals surface area (Å²) in [5, 5.41) is 22.6. The number of nitrogens with one attached hydrogen (secondary N) is 4. The van der Waals surface area contributed by atoms with Crippen LogP contribution in [0.5, 0.6) is 0 Å². The summed E-state index contributed by atoms with van der Waals surface area (Å²) in [5.41, 5.74) is 27.9. The second-order valence-electron chi connectivity index (χ2n) is 23.7. The van der Waals surface area contributed by atoms with Crippen LogP contribution in [0.1, 0.15) is 104 Å². The molecule has 2 fully saturated rings. The fourth-order valence-corrected chi connectivity index (χ4v) is 11.8. The highest BCUT2D eigenvalue weighted by atomic mass is 28.3. The Bertz CT molecular complexity index is 2410. The highest BCUT2D eigenvalue weighted by Gasteiger charge is 2.41. The average molecular weight is 1150 g/mol. The van der Waals surface area contributed by atoms with Gasteiger partial charge in [-0.25, -0.2) is 0 Å². The number of benzene rings is 1. The third-order valence-electron chi connectivity index (χ3n) is 15.6. The lowest BCUT2D eigenvalue weighted by Gasteiger charge is -2.33. The summed E-state index contributed by atoms with van der Waals surface area (Å²) in [7, 11) is 3.45. The summed E-state index contributed by atoms with van der Waals surface area (Å²) < 4.78 is 5.45. The lowest BCUT2D eigenvalue weighted by atomic mass is 9.81. The first-order chi connectivity index (χ1) is 39.1. The maximum Gasteiger partial charge on any atom is 0.314 e. The number of carbonyl (C=O) groups is 6. The van der Waals surface area contributed by atoms with Crippen molar-refractivity contribution in [3.63, 3.8) is 0 Å². The van der Waals surface area contributed by atoms with E-state index in [-0.39, 0.29) is 71.1 Å². The van der Waals surface area contributed by atoms with E-state index >= 15 is 0 Å². The zero-order valence-electron chi connectivity index (χ0n) is 50.6. The van der Waals surface area contributed by atoms with Gasteiger partial charge in [0.25, 0.3) is 0 Å². The van der Waals surface area contributed by atoms with E-state index in [9.17, 15) is 28.8 Å². The number of ether oxygens (including phenoxy) is 1. The van der Waals surface area contributed by atoms with E-state index in [1.807, 2.05) is 96.2 Å². The Morgan fingerprint density at radius 1 is 0.683 bits per heavy atom. The van der Waals surface area contributed by atoms with Crippen LogP contribution < -0.4 is 21.3 Å². The minimum atomic E-state index is -1.33. The smallest absolute Gasteiger partial charge is 0.314 e. The molecular weight excluding hydrogens is 1060 g/mol. The molecule has 11 atom stereocenters. The van der Waals surface area contributed by atoms with Gasteiger partial charge in [-0.1, -0.05) is 155 Å². The molecule has 0 spiro atoms. The lowest BCUT2D eigenvalue weighted by molar-refractivity contribution is -0.145. The van der Waals surface area contributed by atoms with Crippen LogP contribution in [0, 0.1) is 41.4 Å². The number of likely N-dealkylation sites (N-methyl/N-ethyl adjacent to an activating group) is 3. The van der Waals surface area contributed by atoms with Crippen molar-refractivity contribution < 1.29 is 33.5 Å². The minimum Gasteiger partial charge on any atom is -0.466 e. The molecule has 22 nitrogen and oxygen atoms in total. The van der Waals surface area contributed by atoms with Crippen LogP contribution in [0.15, 0.2) is 94.3 Å². The molecule has 2 aliphatic heterocycles. The van der Waals surface area contributed by atoms with E-state index in [4.69, 9.17) is 21.3 Å². The molecule has 5 rings (SSSR count). The van der Waals surface area contributed by atoms with Gasteiger partial charge in [0.15, 0.2) is 0 Å². The van der Waals surface area contributed by atoms with Crippen molar-refractivity contribution in [2.75, 3.05) is 47.4 Å². The summed E-state index contributed by atoms with van der Waals surface area (Å²) in [6, 6.07) is 6.95. The number of allylic oxidation sites excluding steroid dienone is 8. The molecule has 4 aliphatic rings. The van der Waals surface area contributed by atoms with Crippen LogP contribution in [-0.4, -0.2) is 137 Å². The van der Waals surface area contributed by atoms with Crippen LogP contribution >= 0.6 is 0 Å². The van der Waals surface area contributed by atoms with Gasteiger partial charge in [0.1, 0.15) is 30.2 Å². The van der Waals surface area contributed by atoms with Gasteiger partial charge in [0.2, 0.25) is 29.5 Å². The Kier molecular flexibility index (Phi) is 30.3. The van der Waals surface area contributed by atoms with Crippen LogP contribution in [0.2, 0.25) is 25.7 Å². The molecule has 450 valence electrons. The van der Waals surface area contributed by atoms with E-state index in [0.29, 0.717) is 63.8 Å². The molecule has 2 heterocycles. The molecule has 1 aromatic rings. The van der Waals surface area contributed by atoms with Gasteiger partial charge in [-0.2, -0.15) is 0 Å². The molecule has 4 N–H and O–H groups in total. The molecule has 0 saturated carbocycles. The predicted octanol–water partition coefficient (Wildman–Crippen LogP) is 10.1. The van der Waals surface area contributed by atoms with Crippen LogP contribution in [0.4, 0.5) is 0 Å². The monoisotopic (exact) mass is 1150 g/mol. The van der Waals surface area contributed by atoms with E-state index in [1.165, 1.54) is 0 Å². The van der Waals surface area contributed by atoms with Gasteiger partial charge in [-0.15, -0.1) is 0 Å². The molecule has 0 aromatic heterocycles. The zero-order valence-corrected chi connectivity index (χ0v) is 51.6. The molecular formula is C59H93N15O7Si. The maximum atomic E-state index is 13.0. The minimum absolute atomic E-state index is 0.0234. The van der Waals surface area contributed by atoms with Crippen molar-refractivity contribution >= 4 is 43.6 Å². The quantitative estimate of drug-likeness (QED) is 0.0253. The van der Waals surface area contributed by atoms with Crippen LogP contribution in [-0.2, 0) is 33.5 Å². The van der Waals surface area contributed by atoms with E-state index < -0.39 is 44.3 Å². The fourth-order valence-electron chi connectivity index (χ4n) is 11.1. The number of likely N-dealkylation sites (tertiary alicyclic amines) is 2. The average Bonchev–Trinajstić information content (AvgIpc) is 3.90. The normalized spacial score (nSPS) is 22.4. The second kappa shape index (κ2) is 35.9. The maximum absolute atomic E-state index is 13.0. The summed E-state index contributed by atoms with van der Waals surface area (Å²) in [5.74, 6) is -0.100. The Balaban J connectivity index is 0.000000326. The van der Waals surface area contributed by atoms with Crippen molar-refractivity contribution in [2.24, 2.45) is 56.8 Å². The highest BCUT2D eigenvalue weighted by Crippen LogP contribution is 2.35. The van der Waals surface area contributed by atoms with Crippen molar-refractivity contribution in [3.8, 4) is 0 Å². The van der Waals surface area contributed by atoms with Crippen molar-refractivity contribution in [2.45, 2.75) is 161 Å². The van der Waals surface area contributed by atoms with Gasteiger partial charge >= 0.3 is 5.97 Å². The lowest BCUT2D eigenvalue weighted by Crippen LogP contribution is -2.53. The first kappa shape index (κ1) is 69.4. The first-order valence-electron chi connectivity index (χ1n) is 29.1. The third-order valence-corrected chi connectivity index (χ3v) is 17.3. The molecule has 1 aromatic carbocycles. The van der Waals surface area contributed by atoms with Crippen LogP contribution in [0.25, 0.3) is 31.3 Å². The first-order valence-corrected chi connectivity index (χ1v) is 32.8. The number of hydrogen-bond acceptors (Lipinski definition) is 11. The fraction of sp³-hybridized carbons (Fsp3) is 0.661. The summed E-state index contributed by atoms with van der Waals surface area (Å²) in [4.78, 5) is 87.3. The van der Waals surface area contributed by atoms with Gasteiger partial charge < -0.3 is 35.8 Å². The molecule has 3 unspecified atom stereocenters. The third kappa shape index (κ3) is 22.1. The number of amides is 5. The Labute approximate surface area is 487 Å². The SMILES string of the molecule is CNC(=O)[C@@H](NCCC(C[C@H](N=[N+]=[N-])C(=O)OCC[Si](C)(C)C)c1ccccc1)C(C)C.CNC(=O)[C@H](C(C)C)N1CC[C@@H](C2C=CC=CC2)C[C@H](N=[N+]=[N-])C1=O.CNC(=O)[C@H](C(C)C)N1CC[C@H](C2C=CC=CC2)C[C@H](N=[N+]=[N-])C1=O.